The van der Waals surface area contributed by atoms with Crippen molar-refractivity contribution in [2.75, 3.05) is 40.5 Å². The van der Waals surface area contributed by atoms with Crippen LogP contribution in [0.5, 0.6) is 0 Å². The Bertz CT molecular complexity index is 878. The van der Waals surface area contributed by atoms with Crippen LogP contribution in [-0.2, 0) is 0 Å². The number of rotatable bonds is 5. The van der Waals surface area contributed by atoms with E-state index in [9.17, 15) is 0 Å². The van der Waals surface area contributed by atoms with E-state index >= 15 is 0 Å². The maximum atomic E-state index is 5.74. The van der Waals surface area contributed by atoms with E-state index in [-0.39, 0.29) is 0 Å². The predicted molar refractivity (Wildman–Crippen MR) is 116 cm³/mol. The summed E-state index contributed by atoms with van der Waals surface area (Å²) in [6.45, 7) is 2.23. The maximum Gasteiger partial charge on any atom is 0.228 e. The Morgan fingerprint density at radius 3 is 2.44 bits per heavy atom. The number of thioether (sulfide) groups is 1. The summed E-state index contributed by atoms with van der Waals surface area (Å²) in [6, 6.07) is 18.2. The third-order valence-corrected chi connectivity index (χ3v) is 6.12. The molecule has 0 atom stereocenters. The Morgan fingerprint density at radius 1 is 0.963 bits per heavy atom. The van der Waals surface area contributed by atoms with Gasteiger partial charge in [-0.05, 0) is 54.6 Å². The molecule has 27 heavy (non-hydrogen) atoms. The Hall–Kier alpha value is -2.38. The van der Waals surface area contributed by atoms with Crippen LogP contribution < -0.4 is 16.0 Å². The lowest BCUT2D eigenvalue weighted by atomic mass is 10.2. The van der Waals surface area contributed by atoms with Gasteiger partial charge in [-0.2, -0.15) is 11.8 Å². The molecular formula is C20H21N5S2. The summed E-state index contributed by atoms with van der Waals surface area (Å²) in [4.78, 5) is 12.5. The van der Waals surface area contributed by atoms with Crippen molar-refractivity contribution >= 4 is 46.5 Å². The van der Waals surface area contributed by atoms with Crippen LogP contribution in [0.25, 0.3) is 0 Å². The fourth-order valence-corrected chi connectivity index (χ4v) is 4.50. The van der Waals surface area contributed by atoms with Gasteiger partial charge < -0.3 is 16.0 Å². The van der Waals surface area contributed by atoms with Crippen molar-refractivity contribution in [1.29, 1.82) is 0 Å². The molecule has 1 fully saturated rings. The van der Waals surface area contributed by atoms with E-state index in [4.69, 9.17) is 5.73 Å². The van der Waals surface area contributed by atoms with E-state index in [1.54, 1.807) is 18.0 Å². The number of nitrogens with zero attached hydrogens (tertiary/aromatic N) is 3. The zero-order valence-corrected chi connectivity index (χ0v) is 16.5. The number of nitrogen functional groups attached to an aromatic ring is 1. The SMILES string of the molecule is Nc1ccc(Sc2ccnc(Nc3ccc(N4CCSCC4)cc3)n2)cc1. The molecule has 4 rings (SSSR count). The lowest BCUT2D eigenvalue weighted by Crippen LogP contribution is -2.32. The molecule has 1 aliphatic rings. The number of anilines is 4. The summed E-state index contributed by atoms with van der Waals surface area (Å²) in [6.07, 6.45) is 1.77. The van der Waals surface area contributed by atoms with Gasteiger partial charge in [0, 0.05) is 52.7 Å². The van der Waals surface area contributed by atoms with Crippen molar-refractivity contribution in [3.63, 3.8) is 0 Å². The van der Waals surface area contributed by atoms with Gasteiger partial charge >= 0.3 is 0 Å². The second-order valence-electron chi connectivity index (χ2n) is 6.16. The van der Waals surface area contributed by atoms with Crippen molar-refractivity contribution in [2.24, 2.45) is 0 Å². The van der Waals surface area contributed by atoms with Crippen LogP contribution in [0.3, 0.4) is 0 Å². The molecule has 1 saturated heterocycles. The second kappa shape index (κ2) is 8.54. The molecule has 0 spiro atoms. The molecule has 0 bridgehead atoms. The molecule has 5 nitrogen and oxygen atoms in total. The third-order valence-electron chi connectivity index (χ3n) is 4.23. The fraction of sp³-hybridized carbons (Fsp3) is 0.200. The van der Waals surface area contributed by atoms with Crippen molar-refractivity contribution < 1.29 is 0 Å². The summed E-state index contributed by atoms with van der Waals surface area (Å²) < 4.78 is 0. The van der Waals surface area contributed by atoms with Gasteiger partial charge in [-0.25, -0.2) is 9.97 Å². The summed E-state index contributed by atoms with van der Waals surface area (Å²) in [7, 11) is 0. The molecule has 2 aromatic carbocycles. The third kappa shape index (κ3) is 4.87. The summed E-state index contributed by atoms with van der Waals surface area (Å²) in [5.41, 5.74) is 8.76. The molecule has 0 aliphatic carbocycles. The molecule has 0 saturated carbocycles. The number of nitrogens with two attached hydrogens (primary N) is 1. The van der Waals surface area contributed by atoms with Crippen LogP contribution in [-0.4, -0.2) is 34.6 Å². The van der Waals surface area contributed by atoms with Gasteiger partial charge in [0.25, 0.3) is 0 Å². The van der Waals surface area contributed by atoms with Gasteiger partial charge in [0.1, 0.15) is 5.03 Å². The summed E-state index contributed by atoms with van der Waals surface area (Å²) in [5.74, 6) is 3.00. The topological polar surface area (TPSA) is 67.1 Å². The Balaban J connectivity index is 1.42. The fourth-order valence-electron chi connectivity index (χ4n) is 2.82. The number of nitrogens with one attached hydrogen (secondary N) is 1. The Kier molecular flexibility index (Phi) is 5.69. The maximum absolute atomic E-state index is 5.74. The molecule has 0 unspecified atom stereocenters. The number of benzene rings is 2. The molecule has 0 radical (unpaired) electrons. The van der Waals surface area contributed by atoms with E-state index in [0.717, 1.165) is 34.4 Å². The van der Waals surface area contributed by atoms with Crippen molar-refractivity contribution in [2.45, 2.75) is 9.92 Å². The number of hydrogen-bond acceptors (Lipinski definition) is 7. The zero-order chi connectivity index (χ0) is 18.5. The second-order valence-corrected chi connectivity index (χ2v) is 8.48. The largest absolute Gasteiger partial charge is 0.399 e. The van der Waals surface area contributed by atoms with Crippen LogP contribution >= 0.6 is 23.5 Å². The minimum atomic E-state index is 0.595. The minimum Gasteiger partial charge on any atom is -0.399 e. The molecule has 2 heterocycles. The molecule has 3 N–H and O–H groups in total. The Labute approximate surface area is 167 Å². The van der Waals surface area contributed by atoms with E-state index < -0.39 is 0 Å². The van der Waals surface area contributed by atoms with Crippen LogP contribution in [0.2, 0.25) is 0 Å². The molecule has 138 valence electrons. The molecule has 0 amide bonds. The van der Waals surface area contributed by atoms with Gasteiger partial charge in [0.15, 0.2) is 0 Å². The van der Waals surface area contributed by atoms with Crippen molar-refractivity contribution in [3.05, 3.63) is 60.8 Å². The average molecular weight is 396 g/mol. The average Bonchev–Trinajstić information content (AvgIpc) is 2.71. The molecule has 1 aliphatic heterocycles. The highest BCUT2D eigenvalue weighted by Gasteiger charge is 2.11. The zero-order valence-electron chi connectivity index (χ0n) is 14.8. The monoisotopic (exact) mass is 395 g/mol. The molecular weight excluding hydrogens is 374 g/mol. The lowest BCUT2D eigenvalue weighted by molar-refractivity contribution is 0.859. The minimum absolute atomic E-state index is 0.595. The van der Waals surface area contributed by atoms with Crippen molar-refractivity contribution in [3.8, 4) is 0 Å². The molecule has 3 aromatic rings. The summed E-state index contributed by atoms with van der Waals surface area (Å²) >= 11 is 3.61. The summed E-state index contributed by atoms with van der Waals surface area (Å²) in [5, 5.41) is 4.18. The molecule has 7 heteroatoms. The van der Waals surface area contributed by atoms with Gasteiger partial charge in [0.2, 0.25) is 5.95 Å². The first-order valence-electron chi connectivity index (χ1n) is 8.82. The van der Waals surface area contributed by atoms with E-state index in [2.05, 4.69) is 44.5 Å². The highest BCUT2D eigenvalue weighted by atomic mass is 32.2. The van der Waals surface area contributed by atoms with Gasteiger partial charge in [-0.15, -0.1) is 0 Å². The smallest absolute Gasteiger partial charge is 0.228 e. The predicted octanol–water partition coefficient (Wildman–Crippen LogP) is 4.51. The highest BCUT2D eigenvalue weighted by Crippen LogP contribution is 2.28. The number of aromatic nitrogens is 2. The first-order chi connectivity index (χ1) is 13.3. The normalized spacial score (nSPS) is 14.1. The standard InChI is InChI=1S/C20H21N5S2/c21-15-1-7-18(8-2-15)27-19-9-10-22-20(24-19)23-16-3-5-17(6-4-16)25-11-13-26-14-12-25/h1-10H,11-14,21H2,(H,22,23,24). The van der Waals surface area contributed by atoms with Crippen LogP contribution in [0.1, 0.15) is 0 Å². The van der Waals surface area contributed by atoms with Gasteiger partial charge in [0.05, 0.1) is 0 Å². The van der Waals surface area contributed by atoms with E-state index in [1.165, 1.54) is 17.2 Å². The highest BCUT2D eigenvalue weighted by molar-refractivity contribution is 7.99. The Morgan fingerprint density at radius 2 is 1.70 bits per heavy atom. The van der Waals surface area contributed by atoms with E-state index in [1.807, 2.05) is 42.1 Å². The van der Waals surface area contributed by atoms with Crippen LogP contribution in [0.4, 0.5) is 23.0 Å². The first-order valence-corrected chi connectivity index (χ1v) is 10.8. The van der Waals surface area contributed by atoms with Crippen LogP contribution in [0.15, 0.2) is 70.7 Å². The molecule has 1 aromatic heterocycles. The van der Waals surface area contributed by atoms with Gasteiger partial charge in [-0.3, -0.25) is 0 Å². The van der Waals surface area contributed by atoms with E-state index in [0.29, 0.717) is 5.95 Å². The van der Waals surface area contributed by atoms with Crippen LogP contribution in [0, 0.1) is 0 Å². The number of hydrogen-bond donors (Lipinski definition) is 2. The van der Waals surface area contributed by atoms with Gasteiger partial charge in [-0.1, -0.05) is 11.8 Å². The lowest BCUT2D eigenvalue weighted by Gasteiger charge is -2.28. The quantitative estimate of drug-likeness (QED) is 0.487. The first kappa shape index (κ1) is 18.0. The van der Waals surface area contributed by atoms with Crippen molar-refractivity contribution in [1.82, 2.24) is 9.97 Å².